The summed E-state index contributed by atoms with van der Waals surface area (Å²) < 4.78 is 27.2. The van der Waals surface area contributed by atoms with Crippen molar-refractivity contribution in [3.8, 4) is 0 Å². The molecule has 0 unspecified atom stereocenters. The largest absolute Gasteiger partial charge is 0.357 e. The Morgan fingerprint density at radius 3 is 2.80 bits per heavy atom. The van der Waals surface area contributed by atoms with Crippen molar-refractivity contribution in [2.45, 2.75) is 13.0 Å². The molecule has 0 radical (unpaired) electrons. The van der Waals surface area contributed by atoms with Crippen LogP contribution in [0, 0.1) is 0 Å². The van der Waals surface area contributed by atoms with E-state index in [1.54, 1.807) is 0 Å². The smallest absolute Gasteiger partial charge is 0.211 e. The first-order chi connectivity index (χ1) is 7.03. The Labute approximate surface area is 95.3 Å². The van der Waals surface area contributed by atoms with Gasteiger partial charge in [-0.05, 0) is 18.1 Å². The lowest BCUT2D eigenvalue weighted by atomic mass is 10.4. The van der Waals surface area contributed by atoms with Crippen LogP contribution in [0.4, 0.5) is 0 Å². The van der Waals surface area contributed by atoms with Gasteiger partial charge in [0.1, 0.15) is 0 Å². The second-order valence-corrected chi connectivity index (χ2v) is 5.67. The lowest BCUT2D eigenvalue weighted by Crippen LogP contribution is -2.25. The molecule has 1 aromatic rings. The van der Waals surface area contributed by atoms with Crippen LogP contribution in [-0.4, -0.2) is 24.6 Å². The van der Waals surface area contributed by atoms with Gasteiger partial charge in [0.2, 0.25) is 10.0 Å². The van der Waals surface area contributed by atoms with Crippen LogP contribution in [0.3, 0.4) is 0 Å². The number of aromatic nitrogens is 1. The van der Waals surface area contributed by atoms with Crippen molar-refractivity contribution in [1.29, 1.82) is 0 Å². The molecule has 0 aliphatic heterocycles. The highest BCUT2D eigenvalue weighted by atomic mass is 35.5. The third kappa shape index (κ3) is 4.68. The van der Waals surface area contributed by atoms with E-state index in [9.17, 15) is 8.42 Å². The van der Waals surface area contributed by atoms with Crippen molar-refractivity contribution in [3.05, 3.63) is 24.0 Å². The molecule has 1 aromatic heterocycles. The van der Waals surface area contributed by atoms with Gasteiger partial charge < -0.3 is 4.57 Å². The molecule has 1 heterocycles. The molecule has 1 N–H and O–H groups in total. The van der Waals surface area contributed by atoms with Crippen LogP contribution >= 0.6 is 11.6 Å². The van der Waals surface area contributed by atoms with Crippen LogP contribution in [0.25, 0.3) is 0 Å². The van der Waals surface area contributed by atoms with E-state index >= 15 is 0 Å². The first-order valence-corrected chi connectivity index (χ1v) is 6.86. The number of rotatable bonds is 6. The average molecular weight is 251 g/mol. The molecule has 0 saturated carbocycles. The molecule has 0 aliphatic rings. The number of halogens is 1. The van der Waals surface area contributed by atoms with E-state index in [0.29, 0.717) is 18.8 Å². The van der Waals surface area contributed by atoms with Crippen molar-refractivity contribution in [3.63, 3.8) is 0 Å². The number of aryl methyl sites for hydroxylation is 1. The SMILES string of the molecule is Cn1ccc(CNS(=O)(=O)CCCCl)c1. The summed E-state index contributed by atoms with van der Waals surface area (Å²) in [5.74, 6) is 0.454. The van der Waals surface area contributed by atoms with Crippen LogP contribution in [0.1, 0.15) is 12.0 Å². The Hall–Kier alpha value is -0.520. The summed E-state index contributed by atoms with van der Waals surface area (Å²) in [6.45, 7) is 0.339. The van der Waals surface area contributed by atoms with E-state index in [2.05, 4.69) is 4.72 Å². The molecule has 86 valence electrons. The lowest BCUT2D eigenvalue weighted by Gasteiger charge is -2.03. The minimum atomic E-state index is -3.18. The predicted molar refractivity (Wildman–Crippen MR) is 61.4 cm³/mol. The summed E-state index contributed by atoms with van der Waals surface area (Å²) in [5, 5.41) is 0. The average Bonchev–Trinajstić information content (AvgIpc) is 2.59. The number of hydrogen-bond acceptors (Lipinski definition) is 2. The Morgan fingerprint density at radius 1 is 1.53 bits per heavy atom. The molecule has 4 nitrogen and oxygen atoms in total. The zero-order chi connectivity index (χ0) is 11.3. The zero-order valence-corrected chi connectivity index (χ0v) is 10.2. The molecular formula is C9H15ClN2O2S. The fourth-order valence-corrected chi connectivity index (χ4v) is 2.52. The predicted octanol–water partition coefficient (Wildman–Crippen LogP) is 1.07. The van der Waals surface area contributed by atoms with E-state index in [4.69, 9.17) is 11.6 Å². The van der Waals surface area contributed by atoms with Gasteiger partial charge in [-0.3, -0.25) is 0 Å². The van der Waals surface area contributed by atoms with Crippen LogP contribution < -0.4 is 4.72 Å². The number of alkyl halides is 1. The van der Waals surface area contributed by atoms with Crippen molar-refractivity contribution in [2.24, 2.45) is 7.05 Å². The van der Waals surface area contributed by atoms with Gasteiger partial charge in [0.15, 0.2) is 0 Å². The molecule has 0 aromatic carbocycles. The normalized spacial score (nSPS) is 11.9. The first-order valence-electron chi connectivity index (χ1n) is 4.67. The molecule has 15 heavy (non-hydrogen) atoms. The molecule has 0 saturated heterocycles. The van der Waals surface area contributed by atoms with Crippen molar-refractivity contribution < 1.29 is 8.42 Å². The number of hydrogen-bond donors (Lipinski definition) is 1. The summed E-state index contributed by atoms with van der Waals surface area (Å²) in [6, 6.07) is 1.88. The number of sulfonamides is 1. The molecule has 0 fully saturated rings. The van der Waals surface area contributed by atoms with Crippen LogP contribution in [0.2, 0.25) is 0 Å². The van der Waals surface area contributed by atoms with E-state index in [1.807, 2.05) is 30.1 Å². The zero-order valence-electron chi connectivity index (χ0n) is 8.61. The third-order valence-electron chi connectivity index (χ3n) is 1.94. The molecule has 0 spiro atoms. The van der Waals surface area contributed by atoms with E-state index in [0.717, 1.165) is 5.56 Å². The van der Waals surface area contributed by atoms with Crippen LogP contribution in [0.15, 0.2) is 18.5 Å². The van der Waals surface area contributed by atoms with Gasteiger partial charge in [-0.1, -0.05) is 0 Å². The maximum atomic E-state index is 11.4. The minimum Gasteiger partial charge on any atom is -0.357 e. The Bertz CT molecular complexity index is 400. The summed E-state index contributed by atoms with van der Waals surface area (Å²) in [4.78, 5) is 0. The maximum absolute atomic E-state index is 11.4. The molecule has 0 atom stereocenters. The van der Waals surface area contributed by atoms with E-state index < -0.39 is 10.0 Å². The number of nitrogens with zero attached hydrogens (tertiary/aromatic N) is 1. The first kappa shape index (κ1) is 12.5. The van der Waals surface area contributed by atoms with E-state index in [1.165, 1.54) is 0 Å². The highest BCUT2D eigenvalue weighted by Crippen LogP contribution is 2.00. The lowest BCUT2D eigenvalue weighted by molar-refractivity contribution is 0.580. The van der Waals surface area contributed by atoms with E-state index in [-0.39, 0.29) is 5.75 Å². The van der Waals surface area contributed by atoms with Gasteiger partial charge in [0.25, 0.3) is 0 Å². The monoisotopic (exact) mass is 250 g/mol. The minimum absolute atomic E-state index is 0.0866. The Kier molecular flexibility index (Phi) is 4.63. The fraction of sp³-hybridized carbons (Fsp3) is 0.556. The molecule has 1 rings (SSSR count). The Balaban J connectivity index is 2.42. The molecule has 0 bridgehead atoms. The standard InChI is InChI=1S/C9H15ClN2O2S/c1-12-5-3-9(8-12)7-11-15(13,14)6-2-4-10/h3,5,8,11H,2,4,6-7H2,1H3. The van der Waals surface area contributed by atoms with Gasteiger partial charge in [0, 0.05) is 31.9 Å². The molecular weight excluding hydrogens is 236 g/mol. The van der Waals surface area contributed by atoms with Gasteiger partial charge in [-0.2, -0.15) is 0 Å². The van der Waals surface area contributed by atoms with Gasteiger partial charge >= 0.3 is 0 Å². The van der Waals surface area contributed by atoms with Crippen LogP contribution in [-0.2, 0) is 23.6 Å². The third-order valence-corrected chi connectivity index (χ3v) is 3.61. The highest BCUT2D eigenvalue weighted by molar-refractivity contribution is 7.89. The molecule has 0 amide bonds. The van der Waals surface area contributed by atoms with Gasteiger partial charge in [-0.25, -0.2) is 13.1 Å². The van der Waals surface area contributed by atoms with Crippen LogP contribution in [0.5, 0.6) is 0 Å². The van der Waals surface area contributed by atoms with Crippen molar-refractivity contribution in [1.82, 2.24) is 9.29 Å². The second-order valence-electron chi connectivity index (χ2n) is 3.37. The molecule has 6 heteroatoms. The van der Waals surface area contributed by atoms with Crippen molar-refractivity contribution >= 4 is 21.6 Å². The van der Waals surface area contributed by atoms with Gasteiger partial charge in [0.05, 0.1) is 5.75 Å². The Morgan fingerprint density at radius 2 is 2.27 bits per heavy atom. The summed E-state index contributed by atoms with van der Waals surface area (Å²) in [7, 11) is -1.28. The van der Waals surface area contributed by atoms with Crippen molar-refractivity contribution in [2.75, 3.05) is 11.6 Å². The summed E-state index contributed by atoms with van der Waals surface area (Å²) in [6.07, 6.45) is 4.23. The maximum Gasteiger partial charge on any atom is 0.211 e. The fourth-order valence-electron chi connectivity index (χ4n) is 1.18. The molecule has 0 aliphatic carbocycles. The second kappa shape index (κ2) is 5.53. The quantitative estimate of drug-likeness (QED) is 0.768. The number of nitrogens with one attached hydrogen (secondary N) is 1. The topological polar surface area (TPSA) is 51.1 Å². The summed E-state index contributed by atoms with van der Waals surface area (Å²) in [5.41, 5.74) is 0.951. The highest BCUT2D eigenvalue weighted by Gasteiger charge is 2.08. The summed E-state index contributed by atoms with van der Waals surface area (Å²) >= 11 is 5.43. The van der Waals surface area contributed by atoms with Gasteiger partial charge in [-0.15, -0.1) is 11.6 Å².